The summed E-state index contributed by atoms with van der Waals surface area (Å²) in [6, 6.07) is 19.3. The van der Waals surface area contributed by atoms with Crippen LogP contribution in [0.1, 0.15) is 21.5 Å². The van der Waals surface area contributed by atoms with Crippen LogP contribution in [0.3, 0.4) is 0 Å². The van der Waals surface area contributed by atoms with Crippen molar-refractivity contribution in [2.75, 3.05) is 29.6 Å². The molecule has 0 aromatic heterocycles. The highest BCUT2D eigenvalue weighted by atomic mass is 35.5. The van der Waals surface area contributed by atoms with Gasteiger partial charge >= 0.3 is 0 Å². The van der Waals surface area contributed by atoms with Crippen LogP contribution < -0.4 is 14.5 Å². The van der Waals surface area contributed by atoms with Crippen LogP contribution in [0.5, 0.6) is 0 Å². The van der Waals surface area contributed by atoms with Gasteiger partial charge in [-0.25, -0.2) is 8.42 Å². The highest BCUT2D eigenvalue weighted by molar-refractivity contribution is 7.92. The molecule has 33 heavy (non-hydrogen) atoms. The number of carbonyl (C=O) groups excluding carboxylic acids is 1. The van der Waals surface area contributed by atoms with Gasteiger partial charge in [-0.3, -0.25) is 9.10 Å². The van der Waals surface area contributed by atoms with Gasteiger partial charge in [0.2, 0.25) is 10.0 Å². The number of hydrogen-bond donors (Lipinski definition) is 1. The van der Waals surface area contributed by atoms with Gasteiger partial charge in [0.05, 0.1) is 18.5 Å². The Hall–Kier alpha value is -2.74. The molecule has 0 fully saturated rings. The molecule has 0 heterocycles. The van der Waals surface area contributed by atoms with E-state index in [4.69, 9.17) is 23.2 Å². The lowest BCUT2D eigenvalue weighted by atomic mass is 10.1. The summed E-state index contributed by atoms with van der Waals surface area (Å²) in [7, 11) is 0.307. The van der Waals surface area contributed by atoms with Crippen molar-refractivity contribution in [3.63, 3.8) is 0 Å². The Balaban J connectivity index is 1.73. The minimum Gasteiger partial charge on any atom is -0.378 e. The predicted octanol–water partition coefficient (Wildman–Crippen LogP) is 4.96. The van der Waals surface area contributed by atoms with Crippen LogP contribution in [0, 0.1) is 0 Å². The van der Waals surface area contributed by atoms with Gasteiger partial charge in [0.1, 0.15) is 0 Å². The number of rotatable bonds is 8. The molecule has 1 amide bonds. The van der Waals surface area contributed by atoms with Crippen molar-refractivity contribution in [2.45, 2.75) is 13.1 Å². The molecule has 3 rings (SSSR count). The van der Waals surface area contributed by atoms with Gasteiger partial charge < -0.3 is 10.2 Å². The molecular formula is C24H25Cl2N3O3S. The zero-order chi connectivity index (χ0) is 24.2. The van der Waals surface area contributed by atoms with Crippen LogP contribution in [-0.4, -0.2) is 34.7 Å². The number of halogens is 2. The van der Waals surface area contributed by atoms with Gasteiger partial charge in [0.25, 0.3) is 5.91 Å². The summed E-state index contributed by atoms with van der Waals surface area (Å²) < 4.78 is 26.1. The van der Waals surface area contributed by atoms with Crippen molar-refractivity contribution < 1.29 is 13.2 Å². The van der Waals surface area contributed by atoms with E-state index >= 15 is 0 Å². The van der Waals surface area contributed by atoms with Gasteiger partial charge in [0, 0.05) is 47.5 Å². The number of sulfonamides is 1. The van der Waals surface area contributed by atoms with Crippen LogP contribution in [0.25, 0.3) is 0 Å². The quantitative estimate of drug-likeness (QED) is 0.469. The Morgan fingerprint density at radius 2 is 1.42 bits per heavy atom. The largest absolute Gasteiger partial charge is 0.378 e. The molecule has 0 aliphatic rings. The van der Waals surface area contributed by atoms with Gasteiger partial charge in [-0.2, -0.15) is 0 Å². The van der Waals surface area contributed by atoms with E-state index in [-0.39, 0.29) is 12.5 Å². The van der Waals surface area contributed by atoms with E-state index in [9.17, 15) is 13.2 Å². The molecule has 0 radical (unpaired) electrons. The second-order valence-corrected chi connectivity index (χ2v) is 10.5. The number of amides is 1. The van der Waals surface area contributed by atoms with Crippen LogP contribution in [0.15, 0.2) is 66.7 Å². The zero-order valence-corrected chi connectivity index (χ0v) is 20.9. The maximum atomic E-state index is 12.6. The van der Waals surface area contributed by atoms with E-state index in [1.54, 1.807) is 42.5 Å². The Labute approximate surface area is 204 Å². The first kappa shape index (κ1) is 24.9. The number of nitrogens with zero attached hydrogens (tertiary/aromatic N) is 2. The smallest absolute Gasteiger partial charge is 0.251 e. The first-order chi connectivity index (χ1) is 15.6. The molecule has 0 aliphatic carbocycles. The Kier molecular flexibility index (Phi) is 7.89. The van der Waals surface area contributed by atoms with Crippen molar-refractivity contribution in [1.29, 1.82) is 0 Å². The van der Waals surface area contributed by atoms with Crippen LogP contribution in [0.4, 0.5) is 11.4 Å². The number of anilines is 2. The van der Waals surface area contributed by atoms with E-state index in [0.29, 0.717) is 33.4 Å². The summed E-state index contributed by atoms with van der Waals surface area (Å²) in [6.45, 7) is 0.362. The fourth-order valence-electron chi connectivity index (χ4n) is 3.20. The number of benzene rings is 3. The monoisotopic (exact) mass is 505 g/mol. The fraction of sp³-hybridized carbons (Fsp3) is 0.208. The highest BCUT2D eigenvalue weighted by Crippen LogP contribution is 2.29. The number of hydrogen-bond acceptors (Lipinski definition) is 4. The first-order valence-corrected chi connectivity index (χ1v) is 12.7. The van der Waals surface area contributed by atoms with Crippen LogP contribution in [-0.2, 0) is 23.1 Å². The lowest BCUT2D eigenvalue weighted by molar-refractivity contribution is 0.0951. The maximum absolute atomic E-state index is 12.6. The molecule has 6 nitrogen and oxygen atoms in total. The van der Waals surface area contributed by atoms with E-state index in [0.717, 1.165) is 17.5 Å². The molecule has 0 bridgehead atoms. The van der Waals surface area contributed by atoms with E-state index in [2.05, 4.69) is 5.32 Å². The predicted molar refractivity (Wildman–Crippen MR) is 136 cm³/mol. The average Bonchev–Trinajstić information content (AvgIpc) is 2.77. The number of carbonyl (C=O) groups is 1. The van der Waals surface area contributed by atoms with Gasteiger partial charge in [-0.15, -0.1) is 0 Å². The summed E-state index contributed by atoms with van der Waals surface area (Å²) >= 11 is 12.5. The molecule has 0 saturated heterocycles. The normalized spacial score (nSPS) is 11.2. The molecule has 174 valence electrons. The summed E-state index contributed by atoms with van der Waals surface area (Å²) in [6.07, 6.45) is 1.11. The Morgan fingerprint density at radius 3 is 1.94 bits per heavy atom. The summed E-state index contributed by atoms with van der Waals surface area (Å²) in [5, 5.41) is 3.64. The molecule has 0 atom stereocenters. The van der Waals surface area contributed by atoms with Gasteiger partial charge in [0.15, 0.2) is 0 Å². The van der Waals surface area contributed by atoms with Crippen molar-refractivity contribution >= 4 is 50.5 Å². The van der Waals surface area contributed by atoms with Crippen molar-refractivity contribution in [3.8, 4) is 0 Å². The lowest BCUT2D eigenvalue weighted by Crippen LogP contribution is -2.29. The van der Waals surface area contributed by atoms with E-state index in [1.807, 2.05) is 43.3 Å². The zero-order valence-electron chi connectivity index (χ0n) is 18.5. The maximum Gasteiger partial charge on any atom is 0.251 e. The summed E-state index contributed by atoms with van der Waals surface area (Å²) in [5.41, 5.74) is 3.39. The van der Waals surface area contributed by atoms with Gasteiger partial charge in [-0.05, 0) is 54.1 Å². The second-order valence-electron chi connectivity index (χ2n) is 7.76. The third kappa shape index (κ3) is 6.41. The topological polar surface area (TPSA) is 69.7 Å². The lowest BCUT2D eigenvalue weighted by Gasteiger charge is -2.23. The van der Waals surface area contributed by atoms with E-state index < -0.39 is 10.0 Å². The highest BCUT2D eigenvalue weighted by Gasteiger charge is 2.21. The number of nitrogens with one attached hydrogen (secondary N) is 1. The first-order valence-electron chi connectivity index (χ1n) is 10.1. The Morgan fingerprint density at radius 1 is 0.879 bits per heavy atom. The summed E-state index contributed by atoms with van der Waals surface area (Å²) in [4.78, 5) is 14.6. The molecule has 3 aromatic rings. The fourth-order valence-corrected chi connectivity index (χ4v) is 4.59. The van der Waals surface area contributed by atoms with Crippen LogP contribution in [0.2, 0.25) is 10.0 Å². The molecular weight excluding hydrogens is 481 g/mol. The van der Waals surface area contributed by atoms with Crippen molar-refractivity contribution in [3.05, 3.63) is 93.5 Å². The third-order valence-electron chi connectivity index (χ3n) is 5.09. The molecule has 0 unspecified atom stereocenters. The molecule has 9 heteroatoms. The van der Waals surface area contributed by atoms with Crippen molar-refractivity contribution in [1.82, 2.24) is 5.32 Å². The minimum atomic E-state index is -3.63. The van der Waals surface area contributed by atoms with Crippen molar-refractivity contribution in [2.24, 2.45) is 0 Å². The molecule has 0 saturated carbocycles. The van der Waals surface area contributed by atoms with E-state index in [1.165, 1.54) is 4.31 Å². The summed E-state index contributed by atoms with van der Waals surface area (Å²) in [5.74, 6) is -0.252. The molecule has 3 aromatic carbocycles. The third-order valence-corrected chi connectivity index (χ3v) is 6.94. The minimum absolute atomic E-state index is 0.0220. The SMILES string of the molecule is CN(C)c1ccc(CNC(=O)c2ccc(N(Cc3c(Cl)cccc3Cl)S(C)(=O)=O)cc2)cc1. The Bertz CT molecular complexity index is 1210. The van der Waals surface area contributed by atoms with Gasteiger partial charge in [-0.1, -0.05) is 41.4 Å². The van der Waals surface area contributed by atoms with Crippen LogP contribution >= 0.6 is 23.2 Å². The molecule has 0 spiro atoms. The average molecular weight is 506 g/mol. The molecule has 0 aliphatic heterocycles. The second kappa shape index (κ2) is 10.5. The molecule has 1 N–H and O–H groups in total. The standard InChI is InChI=1S/C24H25Cl2N3O3S/c1-28(2)19-11-7-17(8-12-19)15-27-24(30)18-9-13-20(14-10-18)29(33(3,31)32)16-21-22(25)5-4-6-23(21)26/h4-14H,15-16H2,1-3H3,(H,27,30).